The Morgan fingerprint density at radius 2 is 2.00 bits per heavy atom. The van der Waals surface area contributed by atoms with E-state index in [0.29, 0.717) is 15.5 Å². The molecule has 0 amide bonds. The van der Waals surface area contributed by atoms with Crippen molar-refractivity contribution < 1.29 is 0 Å². The van der Waals surface area contributed by atoms with Crippen molar-refractivity contribution in [2.45, 2.75) is 30.7 Å². The maximum absolute atomic E-state index is 6.13. The van der Waals surface area contributed by atoms with Gasteiger partial charge in [-0.15, -0.1) is 0 Å². The summed E-state index contributed by atoms with van der Waals surface area (Å²) in [7, 11) is 4.38. The molecule has 0 radical (unpaired) electrons. The van der Waals surface area contributed by atoms with Gasteiger partial charge in [-0.05, 0) is 57.0 Å². The van der Waals surface area contributed by atoms with Crippen molar-refractivity contribution >= 4 is 23.2 Å². The summed E-state index contributed by atoms with van der Waals surface area (Å²) in [5.74, 6) is 0.815. The number of benzene rings is 1. The molecule has 3 rings (SSSR count). The molecule has 1 nitrogen and oxygen atoms in total. The van der Waals surface area contributed by atoms with Crippen LogP contribution in [0.5, 0.6) is 0 Å². The molecule has 0 aliphatic heterocycles. The molecule has 2 aliphatic carbocycles. The summed E-state index contributed by atoms with van der Waals surface area (Å²) in [6, 6.07) is 6.91. The summed E-state index contributed by atoms with van der Waals surface area (Å²) in [6.07, 6.45) is 3.91. The number of halogens is 2. The fourth-order valence-corrected chi connectivity index (χ4v) is 3.93. The normalized spacial score (nSPS) is 35.1. The quantitative estimate of drug-likeness (QED) is 0.785. The van der Waals surface area contributed by atoms with Gasteiger partial charge in [0.05, 0.1) is 10.0 Å². The predicted molar refractivity (Wildman–Crippen MR) is 73.0 cm³/mol. The Balaban J connectivity index is 1.90. The van der Waals surface area contributed by atoms with Crippen LogP contribution in [0.3, 0.4) is 0 Å². The molecule has 1 aromatic carbocycles. The average molecular weight is 270 g/mol. The van der Waals surface area contributed by atoms with Crippen molar-refractivity contribution in [1.29, 1.82) is 0 Å². The largest absolute Gasteiger partial charge is 0.306 e. The molecule has 3 unspecified atom stereocenters. The van der Waals surface area contributed by atoms with Crippen molar-refractivity contribution in [2.75, 3.05) is 14.1 Å². The van der Waals surface area contributed by atoms with Gasteiger partial charge in [0.1, 0.15) is 0 Å². The number of rotatable bonds is 2. The minimum Gasteiger partial charge on any atom is -0.306 e. The van der Waals surface area contributed by atoms with Crippen LogP contribution in [0.25, 0.3) is 0 Å². The van der Waals surface area contributed by atoms with Crippen LogP contribution < -0.4 is 0 Å². The molecule has 1 aromatic rings. The van der Waals surface area contributed by atoms with E-state index in [-0.39, 0.29) is 0 Å². The molecule has 92 valence electrons. The first-order chi connectivity index (χ1) is 8.04. The Hall–Kier alpha value is -0.240. The third kappa shape index (κ3) is 1.71. The maximum Gasteiger partial charge on any atom is 0.0595 e. The lowest BCUT2D eigenvalue weighted by Gasteiger charge is -2.19. The summed E-state index contributed by atoms with van der Waals surface area (Å²) in [6.45, 7) is 0. The second-order valence-electron chi connectivity index (χ2n) is 5.67. The van der Waals surface area contributed by atoms with Gasteiger partial charge in [0.25, 0.3) is 0 Å². The van der Waals surface area contributed by atoms with E-state index < -0.39 is 0 Å². The van der Waals surface area contributed by atoms with Crippen LogP contribution in [0, 0.1) is 5.92 Å². The Kier molecular flexibility index (Phi) is 2.70. The zero-order valence-corrected chi connectivity index (χ0v) is 11.7. The standard InChI is InChI=1S/C14H17Cl2N/c1-17(2)13-5-6-14(8-10(13)14)9-3-4-11(15)12(16)7-9/h3-4,7,10,13H,5-6,8H2,1-2H3. The van der Waals surface area contributed by atoms with E-state index in [4.69, 9.17) is 23.2 Å². The monoisotopic (exact) mass is 269 g/mol. The molecule has 0 spiro atoms. The van der Waals surface area contributed by atoms with E-state index in [9.17, 15) is 0 Å². The third-order valence-electron chi connectivity index (χ3n) is 4.64. The van der Waals surface area contributed by atoms with Gasteiger partial charge >= 0.3 is 0 Å². The van der Waals surface area contributed by atoms with Crippen molar-refractivity contribution in [3.63, 3.8) is 0 Å². The van der Waals surface area contributed by atoms with Crippen LogP contribution in [0.15, 0.2) is 18.2 Å². The van der Waals surface area contributed by atoms with E-state index >= 15 is 0 Å². The zero-order valence-electron chi connectivity index (χ0n) is 10.2. The first-order valence-corrected chi connectivity index (χ1v) is 6.92. The average Bonchev–Trinajstić information content (AvgIpc) is 2.89. The summed E-state index contributed by atoms with van der Waals surface area (Å²) in [5, 5.41) is 1.35. The van der Waals surface area contributed by atoms with Crippen LogP contribution in [0.4, 0.5) is 0 Å². The second-order valence-corrected chi connectivity index (χ2v) is 6.48. The molecule has 0 saturated heterocycles. The van der Waals surface area contributed by atoms with Gasteiger partial charge in [0.15, 0.2) is 0 Å². The van der Waals surface area contributed by atoms with Crippen molar-refractivity contribution in [2.24, 2.45) is 5.92 Å². The fraction of sp³-hybridized carbons (Fsp3) is 0.571. The zero-order chi connectivity index (χ0) is 12.2. The number of hydrogen-bond acceptors (Lipinski definition) is 1. The highest BCUT2D eigenvalue weighted by Gasteiger charge is 2.62. The van der Waals surface area contributed by atoms with Crippen LogP contribution in [0.2, 0.25) is 10.0 Å². The van der Waals surface area contributed by atoms with Crippen molar-refractivity contribution in [3.05, 3.63) is 33.8 Å². The van der Waals surface area contributed by atoms with Crippen molar-refractivity contribution in [1.82, 2.24) is 4.90 Å². The lowest BCUT2D eigenvalue weighted by atomic mass is 9.93. The van der Waals surface area contributed by atoms with Crippen LogP contribution in [0.1, 0.15) is 24.8 Å². The van der Waals surface area contributed by atoms with Gasteiger partial charge in [-0.3, -0.25) is 0 Å². The highest BCUT2D eigenvalue weighted by molar-refractivity contribution is 6.42. The van der Waals surface area contributed by atoms with E-state index in [2.05, 4.69) is 31.1 Å². The molecule has 2 saturated carbocycles. The Bertz CT molecular complexity index is 458. The molecular formula is C14H17Cl2N. The topological polar surface area (TPSA) is 3.24 Å². The highest BCUT2D eigenvalue weighted by atomic mass is 35.5. The van der Waals surface area contributed by atoms with Gasteiger partial charge in [-0.1, -0.05) is 29.3 Å². The Morgan fingerprint density at radius 3 is 2.53 bits per heavy atom. The first-order valence-electron chi connectivity index (χ1n) is 6.16. The predicted octanol–water partition coefficient (Wildman–Crippen LogP) is 3.98. The summed E-state index contributed by atoms with van der Waals surface area (Å²) in [5.41, 5.74) is 1.80. The SMILES string of the molecule is CN(C)C1CCC2(c3ccc(Cl)c(Cl)c3)CC12. The molecule has 0 N–H and O–H groups in total. The molecule has 17 heavy (non-hydrogen) atoms. The molecule has 0 aromatic heterocycles. The number of fused-ring (bicyclic) bond motifs is 1. The van der Waals surface area contributed by atoms with E-state index in [1.165, 1.54) is 24.8 Å². The van der Waals surface area contributed by atoms with E-state index in [1.54, 1.807) is 0 Å². The number of hydrogen-bond donors (Lipinski definition) is 0. The van der Waals surface area contributed by atoms with Gasteiger partial charge < -0.3 is 4.90 Å². The lowest BCUT2D eigenvalue weighted by Crippen LogP contribution is -2.27. The van der Waals surface area contributed by atoms with Gasteiger partial charge in [-0.2, -0.15) is 0 Å². The summed E-state index contributed by atoms with van der Waals surface area (Å²) >= 11 is 12.1. The summed E-state index contributed by atoms with van der Waals surface area (Å²) < 4.78 is 0. The van der Waals surface area contributed by atoms with Gasteiger partial charge in [0, 0.05) is 11.5 Å². The minimum atomic E-state index is 0.406. The van der Waals surface area contributed by atoms with Crippen LogP contribution in [-0.2, 0) is 5.41 Å². The molecular weight excluding hydrogens is 253 g/mol. The number of nitrogens with zero attached hydrogens (tertiary/aromatic N) is 1. The molecule has 3 atom stereocenters. The van der Waals surface area contributed by atoms with Crippen LogP contribution in [-0.4, -0.2) is 25.0 Å². The fourth-order valence-electron chi connectivity index (χ4n) is 3.63. The van der Waals surface area contributed by atoms with Crippen molar-refractivity contribution in [3.8, 4) is 0 Å². The molecule has 0 bridgehead atoms. The van der Waals surface area contributed by atoms with Gasteiger partial charge in [0.2, 0.25) is 0 Å². The molecule has 2 fully saturated rings. The maximum atomic E-state index is 6.13. The smallest absolute Gasteiger partial charge is 0.0595 e. The second kappa shape index (κ2) is 3.88. The van der Waals surface area contributed by atoms with E-state index in [1.807, 2.05) is 6.07 Å². The Morgan fingerprint density at radius 1 is 1.24 bits per heavy atom. The molecule has 3 heteroatoms. The van der Waals surface area contributed by atoms with E-state index in [0.717, 1.165) is 12.0 Å². The third-order valence-corrected chi connectivity index (χ3v) is 5.38. The van der Waals surface area contributed by atoms with Crippen LogP contribution >= 0.6 is 23.2 Å². The van der Waals surface area contributed by atoms with Gasteiger partial charge in [-0.25, -0.2) is 0 Å². The minimum absolute atomic E-state index is 0.406. The molecule has 2 aliphatic rings. The highest BCUT2D eigenvalue weighted by Crippen LogP contribution is 2.65. The lowest BCUT2D eigenvalue weighted by molar-refractivity contribution is 0.271. The summed E-state index contributed by atoms with van der Waals surface area (Å²) in [4.78, 5) is 2.37. The molecule has 0 heterocycles. The Labute approximate surface area is 113 Å². The first kappa shape index (κ1) is 11.8.